The molecule has 0 radical (unpaired) electrons. The van der Waals surface area contributed by atoms with Gasteiger partial charge >= 0.3 is 11.9 Å². The van der Waals surface area contributed by atoms with E-state index in [0.717, 1.165) is 11.6 Å². The summed E-state index contributed by atoms with van der Waals surface area (Å²) in [5.41, 5.74) is 1.06. The second-order valence-electron chi connectivity index (χ2n) is 24.3. The van der Waals surface area contributed by atoms with Crippen molar-refractivity contribution in [2.75, 3.05) is 74.5 Å². The molecule has 0 bridgehead atoms. The monoisotopic (exact) mass is 1280 g/mol. The Bertz CT molecular complexity index is 3280. The summed E-state index contributed by atoms with van der Waals surface area (Å²) in [6.07, 6.45) is 2.89. The van der Waals surface area contributed by atoms with Crippen molar-refractivity contribution in [3.8, 4) is 23.0 Å². The number of ether oxygens (including phenoxy) is 5. The van der Waals surface area contributed by atoms with E-state index < -0.39 is 103 Å². The quantitative estimate of drug-likeness (QED) is 0.0210. The van der Waals surface area contributed by atoms with Crippen LogP contribution in [0.5, 0.6) is 23.0 Å². The molecule has 91 heavy (non-hydrogen) atoms. The Morgan fingerprint density at radius 1 is 0.769 bits per heavy atom. The van der Waals surface area contributed by atoms with Crippen LogP contribution in [-0.4, -0.2) is 171 Å². The van der Waals surface area contributed by atoms with Crippen molar-refractivity contribution >= 4 is 60.5 Å². The van der Waals surface area contributed by atoms with Gasteiger partial charge in [0.05, 0.1) is 19.6 Å². The molecule has 0 aliphatic carbocycles. The lowest BCUT2D eigenvalue weighted by molar-refractivity contribution is -0.165. The zero-order valence-electron chi connectivity index (χ0n) is 54.2. The van der Waals surface area contributed by atoms with Crippen LogP contribution < -0.4 is 29.4 Å². The van der Waals surface area contributed by atoms with Crippen LogP contribution in [-0.2, 0) is 70.0 Å². The van der Waals surface area contributed by atoms with Crippen molar-refractivity contribution < 1.29 is 75.9 Å². The van der Waals surface area contributed by atoms with E-state index >= 15 is 0 Å². The number of hydrogen-bond donors (Lipinski definition) is 2. The van der Waals surface area contributed by atoms with Crippen molar-refractivity contribution in [1.29, 1.82) is 0 Å². The topological polar surface area (TPSA) is 263 Å². The highest BCUT2D eigenvalue weighted by atomic mass is 31.2. The van der Waals surface area contributed by atoms with Crippen LogP contribution in [0.3, 0.4) is 0 Å². The molecule has 2 saturated heterocycles. The first-order chi connectivity index (χ1) is 43.2. The van der Waals surface area contributed by atoms with Gasteiger partial charge in [0.2, 0.25) is 36.8 Å². The number of carbonyl (C=O) groups excluding carboxylic acids is 9. The molecule has 6 amide bonds. The van der Waals surface area contributed by atoms with E-state index in [4.69, 9.17) is 28.2 Å². The van der Waals surface area contributed by atoms with Gasteiger partial charge in [-0.3, -0.25) is 38.1 Å². The first kappa shape index (κ1) is 71.6. The van der Waals surface area contributed by atoms with Crippen LogP contribution in [0.25, 0.3) is 0 Å². The van der Waals surface area contributed by atoms with Crippen LogP contribution in [0.4, 0.5) is 0 Å². The van der Waals surface area contributed by atoms with Gasteiger partial charge in [0.1, 0.15) is 54.4 Å². The predicted molar refractivity (Wildman–Crippen MR) is 341 cm³/mol. The maximum absolute atomic E-state index is 14.9. The summed E-state index contributed by atoms with van der Waals surface area (Å²) in [5.74, 6) is -4.35. The van der Waals surface area contributed by atoms with E-state index in [2.05, 4.69) is 17.2 Å². The molecule has 6 atom stereocenters. The molecule has 6 rings (SSSR count). The Morgan fingerprint density at radius 3 is 2.08 bits per heavy atom. The minimum Gasteiger partial charge on any atom is -0.493 e. The number of likely N-dealkylation sites (N-methyl/N-ethyl adjacent to an activating group) is 2. The van der Waals surface area contributed by atoms with Crippen LogP contribution in [0, 0.1) is 11.3 Å². The van der Waals surface area contributed by atoms with Gasteiger partial charge in [-0.15, -0.1) is 0 Å². The van der Waals surface area contributed by atoms with Crippen molar-refractivity contribution in [1.82, 2.24) is 30.2 Å². The lowest BCUT2D eigenvalue weighted by Crippen LogP contribution is -2.57. The first-order valence-corrected chi connectivity index (χ1v) is 33.3. The summed E-state index contributed by atoms with van der Waals surface area (Å²) in [4.78, 5) is 132. The average Bonchev–Trinajstić information content (AvgIpc) is 2.08. The number of esters is 2. The molecule has 2 heterocycles. The van der Waals surface area contributed by atoms with Crippen molar-refractivity contribution in [3.63, 3.8) is 0 Å². The van der Waals surface area contributed by atoms with Gasteiger partial charge in [-0.2, -0.15) is 0 Å². The van der Waals surface area contributed by atoms with E-state index in [-0.39, 0.29) is 69.4 Å². The maximum atomic E-state index is 14.9. The summed E-state index contributed by atoms with van der Waals surface area (Å²) in [5, 5.41) is 5.81. The number of hydrogen-bond acceptors (Lipinski definition) is 16. The summed E-state index contributed by atoms with van der Waals surface area (Å²) in [7, 11) is 3.29. The summed E-state index contributed by atoms with van der Waals surface area (Å²) in [6, 6.07) is 22.0. The van der Waals surface area contributed by atoms with Crippen LogP contribution in [0.2, 0.25) is 0 Å². The molecule has 492 valence electrons. The maximum Gasteiger partial charge on any atom is 0.330 e. The normalized spacial score (nSPS) is 16.2. The number of ketones is 1. The molecule has 22 nitrogen and oxygen atoms in total. The minimum atomic E-state index is -2.90. The average molecular weight is 1280 g/mol. The number of rotatable bonds is 31. The number of methoxy groups -OCH3 is 2. The molecule has 0 unspecified atom stereocenters. The smallest absolute Gasteiger partial charge is 0.330 e. The summed E-state index contributed by atoms with van der Waals surface area (Å²) >= 11 is 0. The van der Waals surface area contributed by atoms with E-state index in [9.17, 15) is 47.7 Å². The molecule has 2 aliphatic heterocycles. The fourth-order valence-corrected chi connectivity index (χ4v) is 11.5. The third-order valence-corrected chi connectivity index (χ3v) is 16.7. The Kier molecular flexibility index (Phi) is 25.9. The van der Waals surface area contributed by atoms with E-state index in [1.54, 1.807) is 92.0 Å². The number of amides is 6. The number of aryl methyl sites for hydroxylation is 1. The van der Waals surface area contributed by atoms with Crippen LogP contribution in [0.15, 0.2) is 110 Å². The highest BCUT2D eigenvalue weighted by Crippen LogP contribution is 2.39. The van der Waals surface area contributed by atoms with Crippen molar-refractivity contribution in [2.24, 2.45) is 11.3 Å². The van der Waals surface area contributed by atoms with Crippen LogP contribution in [0.1, 0.15) is 114 Å². The van der Waals surface area contributed by atoms with E-state index in [1.807, 2.05) is 32.9 Å². The lowest BCUT2D eigenvalue weighted by atomic mass is 9.87. The summed E-state index contributed by atoms with van der Waals surface area (Å²) < 4.78 is 46.6. The van der Waals surface area contributed by atoms with E-state index in [0.29, 0.717) is 66.2 Å². The Balaban J connectivity index is 1.20. The molecule has 0 saturated carbocycles. The van der Waals surface area contributed by atoms with Gasteiger partial charge in [-0.25, -0.2) is 9.59 Å². The Hall–Kier alpha value is -8.52. The zero-order chi connectivity index (χ0) is 66.7. The van der Waals surface area contributed by atoms with Gasteiger partial charge in [0.25, 0.3) is 11.8 Å². The second-order valence-corrected chi connectivity index (χ2v) is 27.0. The molecule has 2 aliphatic rings. The number of benzene rings is 4. The molecular formula is C68H89N6O16P. The fraction of sp³-hybridized carbons (Fsp3) is 0.485. The number of nitrogens with zero attached hydrogens (tertiary/aromatic N) is 4. The lowest BCUT2D eigenvalue weighted by Gasteiger charge is -2.36. The standard InChI is InChI=1S/C68H89N6O16P/c1-13-59(76)88-43-68(5,6)61(77)66(82)74-36-19-18-26-53(74)67(83)89-55(34-30-46-31-35-56(85-9)57(40-46)86-10)48-24-20-25-50(41-48)87-42-58(75)72(8)54(38-44(3)4)64(80)73-37-21-27-52(73)63(79)69-51(39-45-28-32-49(33-29-45)90-91(11,12)84)62(78)70-60(65(81)71(7)14-2)47-22-16-15-17-23-47/h13,15-17,20,22-25,28-29,31-33,35,40-41,44,51-55,60H,1,14,18-19,21,26-27,30,34,36-39,42-43H2,2-12H3,(H,69,79)(H,70,78)/t51-,52+,53-,54-,55+,60+/m0/s1. The minimum absolute atomic E-state index is 0.0292. The highest BCUT2D eigenvalue weighted by molar-refractivity contribution is 7.57. The van der Waals surface area contributed by atoms with Crippen molar-refractivity contribution in [3.05, 3.63) is 132 Å². The predicted octanol–water partition coefficient (Wildman–Crippen LogP) is 7.85. The number of likely N-dealkylation sites (tertiary alicyclic amines) is 2. The van der Waals surface area contributed by atoms with Gasteiger partial charge in [0.15, 0.2) is 18.1 Å². The molecule has 0 aromatic heterocycles. The molecule has 2 fully saturated rings. The third-order valence-electron chi connectivity index (χ3n) is 16.1. The molecule has 0 spiro atoms. The van der Waals surface area contributed by atoms with Crippen molar-refractivity contribution in [2.45, 2.75) is 129 Å². The van der Waals surface area contributed by atoms with Gasteiger partial charge in [0, 0.05) is 59.6 Å². The Labute approximate surface area is 534 Å². The molecular weight excluding hydrogens is 1190 g/mol. The molecule has 2 N–H and O–H groups in total. The van der Waals surface area contributed by atoms with Crippen LogP contribution >= 0.6 is 7.37 Å². The van der Waals surface area contributed by atoms with Gasteiger partial charge < -0.3 is 58.4 Å². The third kappa shape index (κ3) is 20.0. The zero-order valence-corrected chi connectivity index (χ0v) is 55.1. The van der Waals surface area contributed by atoms with Gasteiger partial charge in [-0.05, 0) is 137 Å². The highest BCUT2D eigenvalue weighted by Gasteiger charge is 2.44. The second kappa shape index (κ2) is 33.0. The molecule has 23 heteroatoms. The SMILES string of the molecule is C=CC(=O)OCC(C)(C)C(=O)C(=O)N1CCCC[C@H]1C(=O)O[C@H](CCc1ccc(OC)c(OC)c1)c1cccc(OCC(=O)N(C)[C@@H](CC(C)C)C(=O)N2CCC[C@@H]2C(=O)N[C@@H](Cc2ccc(OP(C)(C)=O)cc2)C(=O)N[C@@H](C(=O)N(C)CC)c2ccccc2)c1. The summed E-state index contributed by atoms with van der Waals surface area (Å²) in [6.45, 7) is 14.7. The molecule has 4 aromatic rings. The van der Waals surface area contributed by atoms with E-state index in [1.165, 1.54) is 68.0 Å². The first-order valence-electron chi connectivity index (χ1n) is 30.8. The number of carbonyl (C=O) groups is 9. The largest absolute Gasteiger partial charge is 0.493 e. The number of nitrogens with one attached hydrogen (secondary N) is 2. The number of piperidine rings is 1. The number of Topliss-reactive ketones (excluding diaryl/α,β-unsaturated/α-hetero) is 1. The fourth-order valence-electron chi connectivity index (χ4n) is 10.9. The van der Waals surface area contributed by atoms with Gasteiger partial charge in [-0.1, -0.05) is 81.1 Å². The Morgan fingerprint density at radius 2 is 1.43 bits per heavy atom. The molecule has 4 aromatic carbocycles.